The van der Waals surface area contributed by atoms with Gasteiger partial charge in [-0.2, -0.15) is 0 Å². The Kier molecular flexibility index (Phi) is 7.66. The molecule has 1 aromatic rings. The lowest BCUT2D eigenvalue weighted by molar-refractivity contribution is -0.121. The van der Waals surface area contributed by atoms with Gasteiger partial charge < -0.3 is 20.1 Å². The topological polar surface area (TPSA) is 59.6 Å². The van der Waals surface area contributed by atoms with E-state index in [2.05, 4.69) is 10.6 Å². The maximum absolute atomic E-state index is 12.0. The Hall–Kier alpha value is -1.46. The number of ether oxygens (including phenoxy) is 2. The molecule has 0 bridgehead atoms. The monoisotopic (exact) mass is 354 g/mol. The SMILES string of the molecule is Cl.O=C(CCC1CCNCC1)NCc1ccc2c(c1)OCCCO2. The first kappa shape index (κ1) is 18.9. The maximum atomic E-state index is 12.0. The van der Waals surface area contributed by atoms with Gasteiger partial charge in [0.05, 0.1) is 13.2 Å². The van der Waals surface area contributed by atoms with Gasteiger partial charge >= 0.3 is 0 Å². The lowest BCUT2D eigenvalue weighted by atomic mass is 9.93. The molecule has 0 unspecified atom stereocenters. The highest BCUT2D eigenvalue weighted by molar-refractivity contribution is 5.85. The van der Waals surface area contributed by atoms with Crippen molar-refractivity contribution >= 4 is 18.3 Å². The number of fused-ring (bicyclic) bond motifs is 1. The zero-order valence-electron chi connectivity index (χ0n) is 14.0. The van der Waals surface area contributed by atoms with Crippen LogP contribution in [0.1, 0.15) is 37.7 Å². The van der Waals surface area contributed by atoms with Gasteiger partial charge in [0.1, 0.15) is 0 Å². The minimum atomic E-state index is 0. The summed E-state index contributed by atoms with van der Waals surface area (Å²) in [4.78, 5) is 12.0. The largest absolute Gasteiger partial charge is 0.490 e. The van der Waals surface area contributed by atoms with E-state index in [4.69, 9.17) is 9.47 Å². The molecule has 2 aliphatic rings. The molecule has 0 aromatic heterocycles. The second-order valence-electron chi connectivity index (χ2n) is 6.34. The van der Waals surface area contributed by atoms with Crippen LogP contribution in [0.25, 0.3) is 0 Å². The van der Waals surface area contributed by atoms with Crippen molar-refractivity contribution in [3.05, 3.63) is 23.8 Å². The molecule has 6 heteroatoms. The summed E-state index contributed by atoms with van der Waals surface area (Å²) in [6.07, 6.45) is 4.90. The Morgan fingerprint density at radius 1 is 1.17 bits per heavy atom. The van der Waals surface area contributed by atoms with Crippen LogP contribution in [0.3, 0.4) is 0 Å². The molecule has 134 valence electrons. The van der Waals surface area contributed by atoms with E-state index in [1.807, 2.05) is 18.2 Å². The van der Waals surface area contributed by atoms with E-state index in [0.717, 1.165) is 43.0 Å². The lowest BCUT2D eigenvalue weighted by Crippen LogP contribution is -2.29. The highest BCUT2D eigenvalue weighted by Crippen LogP contribution is 2.30. The van der Waals surface area contributed by atoms with Crippen molar-refractivity contribution in [3.8, 4) is 11.5 Å². The number of hydrogen-bond donors (Lipinski definition) is 2. The summed E-state index contributed by atoms with van der Waals surface area (Å²) in [5.41, 5.74) is 1.05. The van der Waals surface area contributed by atoms with Gasteiger partial charge in [0, 0.05) is 19.4 Å². The van der Waals surface area contributed by atoms with Crippen LogP contribution in [0, 0.1) is 5.92 Å². The van der Waals surface area contributed by atoms with Crippen molar-refractivity contribution in [3.63, 3.8) is 0 Å². The van der Waals surface area contributed by atoms with Crippen LogP contribution < -0.4 is 20.1 Å². The van der Waals surface area contributed by atoms with E-state index in [1.165, 1.54) is 12.8 Å². The summed E-state index contributed by atoms with van der Waals surface area (Å²) in [6, 6.07) is 5.88. The number of piperidine rings is 1. The molecule has 24 heavy (non-hydrogen) atoms. The molecule has 1 aromatic carbocycles. The van der Waals surface area contributed by atoms with Crippen molar-refractivity contribution in [1.82, 2.24) is 10.6 Å². The van der Waals surface area contributed by atoms with Gasteiger partial charge in [0.15, 0.2) is 11.5 Å². The average molecular weight is 355 g/mol. The van der Waals surface area contributed by atoms with Crippen molar-refractivity contribution in [1.29, 1.82) is 0 Å². The van der Waals surface area contributed by atoms with E-state index < -0.39 is 0 Å². The molecule has 3 rings (SSSR count). The van der Waals surface area contributed by atoms with E-state index >= 15 is 0 Å². The number of carbonyl (C=O) groups excluding carboxylic acids is 1. The van der Waals surface area contributed by atoms with E-state index in [1.54, 1.807) is 0 Å². The zero-order valence-corrected chi connectivity index (χ0v) is 14.8. The van der Waals surface area contributed by atoms with Crippen molar-refractivity contribution in [2.24, 2.45) is 5.92 Å². The van der Waals surface area contributed by atoms with E-state index in [0.29, 0.717) is 32.1 Å². The molecular formula is C18H27ClN2O3. The average Bonchev–Trinajstić information content (AvgIpc) is 2.84. The number of hydrogen-bond acceptors (Lipinski definition) is 4. The van der Waals surface area contributed by atoms with Gasteiger partial charge in [-0.05, 0) is 56.0 Å². The minimum absolute atomic E-state index is 0. The number of amides is 1. The molecule has 2 heterocycles. The number of carbonyl (C=O) groups is 1. The van der Waals surface area contributed by atoms with Crippen molar-refractivity contribution in [2.45, 2.75) is 38.6 Å². The highest BCUT2D eigenvalue weighted by Gasteiger charge is 2.15. The standard InChI is InChI=1S/C18H26N2O3.ClH/c21-18(5-3-14-6-8-19-9-7-14)20-13-15-2-4-16-17(12-15)23-11-1-10-22-16;/h2,4,12,14,19H,1,3,5-11,13H2,(H,20,21);1H. The molecule has 0 radical (unpaired) electrons. The second-order valence-corrected chi connectivity index (χ2v) is 6.34. The van der Waals surface area contributed by atoms with E-state index in [-0.39, 0.29) is 18.3 Å². The first-order valence-corrected chi connectivity index (χ1v) is 8.67. The summed E-state index contributed by atoms with van der Waals surface area (Å²) in [6.45, 7) is 4.09. The first-order valence-electron chi connectivity index (χ1n) is 8.67. The normalized spacial score (nSPS) is 17.5. The van der Waals surface area contributed by atoms with Gasteiger partial charge in [0.25, 0.3) is 0 Å². The molecule has 2 aliphatic heterocycles. The van der Waals surface area contributed by atoms with Crippen LogP contribution >= 0.6 is 12.4 Å². The number of benzene rings is 1. The summed E-state index contributed by atoms with van der Waals surface area (Å²) in [5, 5.41) is 6.37. The fourth-order valence-electron chi connectivity index (χ4n) is 3.11. The van der Waals surface area contributed by atoms with Gasteiger partial charge in [-0.25, -0.2) is 0 Å². The van der Waals surface area contributed by atoms with Crippen LogP contribution in [0.2, 0.25) is 0 Å². The molecule has 1 amide bonds. The zero-order chi connectivity index (χ0) is 15.9. The highest BCUT2D eigenvalue weighted by atomic mass is 35.5. The van der Waals surface area contributed by atoms with Crippen LogP contribution in [0.15, 0.2) is 18.2 Å². The third kappa shape index (κ3) is 5.56. The predicted molar refractivity (Wildman–Crippen MR) is 96.0 cm³/mol. The Balaban J connectivity index is 0.00000208. The summed E-state index contributed by atoms with van der Waals surface area (Å²) in [5.74, 6) is 2.41. The summed E-state index contributed by atoms with van der Waals surface area (Å²) >= 11 is 0. The fourth-order valence-corrected chi connectivity index (χ4v) is 3.11. The number of halogens is 1. The third-order valence-electron chi connectivity index (χ3n) is 4.54. The van der Waals surface area contributed by atoms with Gasteiger partial charge in [-0.1, -0.05) is 6.07 Å². The Morgan fingerprint density at radius 3 is 2.71 bits per heavy atom. The number of rotatable bonds is 5. The smallest absolute Gasteiger partial charge is 0.220 e. The lowest BCUT2D eigenvalue weighted by Gasteiger charge is -2.22. The maximum Gasteiger partial charge on any atom is 0.220 e. The molecule has 0 spiro atoms. The van der Waals surface area contributed by atoms with Crippen LogP contribution in [0.5, 0.6) is 11.5 Å². The predicted octanol–water partition coefficient (Wildman–Crippen LogP) is 2.67. The molecule has 0 saturated carbocycles. The Labute approximate surface area is 149 Å². The minimum Gasteiger partial charge on any atom is -0.490 e. The van der Waals surface area contributed by atoms with Gasteiger partial charge in [-0.15, -0.1) is 12.4 Å². The Morgan fingerprint density at radius 2 is 1.92 bits per heavy atom. The van der Waals surface area contributed by atoms with Gasteiger partial charge in [0.2, 0.25) is 5.91 Å². The molecule has 0 atom stereocenters. The molecular weight excluding hydrogens is 328 g/mol. The summed E-state index contributed by atoms with van der Waals surface area (Å²) < 4.78 is 11.3. The van der Waals surface area contributed by atoms with Crippen molar-refractivity contribution < 1.29 is 14.3 Å². The molecule has 2 N–H and O–H groups in total. The molecule has 5 nitrogen and oxygen atoms in total. The second kappa shape index (κ2) is 9.74. The van der Waals surface area contributed by atoms with Crippen LogP contribution in [0.4, 0.5) is 0 Å². The van der Waals surface area contributed by atoms with Crippen LogP contribution in [-0.4, -0.2) is 32.2 Å². The summed E-state index contributed by atoms with van der Waals surface area (Å²) in [7, 11) is 0. The van der Waals surface area contributed by atoms with E-state index in [9.17, 15) is 4.79 Å². The molecule has 0 aliphatic carbocycles. The number of nitrogens with one attached hydrogen (secondary N) is 2. The molecule has 1 fully saturated rings. The third-order valence-corrected chi connectivity index (χ3v) is 4.54. The first-order chi connectivity index (χ1) is 11.3. The molecule has 1 saturated heterocycles. The fraction of sp³-hybridized carbons (Fsp3) is 0.611. The van der Waals surface area contributed by atoms with Crippen LogP contribution in [-0.2, 0) is 11.3 Å². The Bertz CT molecular complexity index is 533. The quantitative estimate of drug-likeness (QED) is 0.853. The van der Waals surface area contributed by atoms with Crippen molar-refractivity contribution in [2.75, 3.05) is 26.3 Å². The van der Waals surface area contributed by atoms with Gasteiger partial charge in [-0.3, -0.25) is 4.79 Å².